The number of benzene rings is 1. The van der Waals surface area contributed by atoms with Crippen LogP contribution in [0.15, 0.2) is 80.2 Å². The van der Waals surface area contributed by atoms with Gasteiger partial charge >= 0.3 is 6.09 Å². The van der Waals surface area contributed by atoms with Crippen molar-refractivity contribution in [1.82, 2.24) is 38.9 Å². The quantitative estimate of drug-likeness (QED) is 0.288. The lowest BCUT2D eigenvalue weighted by Gasteiger charge is -2.10. The molecule has 1 aromatic carbocycles. The molecule has 0 radical (unpaired) electrons. The number of ether oxygens (including phenoxy) is 1. The lowest BCUT2D eigenvalue weighted by Crippen LogP contribution is -2.17. The zero-order chi connectivity index (χ0) is 26.6. The number of hydrogen-bond acceptors (Lipinski definition) is 8. The highest BCUT2D eigenvalue weighted by Crippen LogP contribution is 2.30. The van der Waals surface area contributed by atoms with Crippen molar-refractivity contribution in [2.45, 2.75) is 26.4 Å². The molecule has 39 heavy (non-hydrogen) atoms. The molecule has 6 aromatic rings. The van der Waals surface area contributed by atoms with Crippen LogP contribution in [-0.2, 0) is 24.2 Å². The van der Waals surface area contributed by atoms with E-state index in [4.69, 9.17) is 4.74 Å². The lowest BCUT2D eigenvalue weighted by atomic mass is 10.2. The Hall–Kier alpha value is -5.26. The summed E-state index contributed by atoms with van der Waals surface area (Å²) in [4.78, 5) is 25.1. The Balaban J connectivity index is 1.20. The number of fused-ring (bicyclic) bond motifs is 2. The van der Waals surface area contributed by atoms with Gasteiger partial charge in [0.05, 0.1) is 43.0 Å². The number of aryl methyl sites for hydroxylation is 1. The molecule has 0 fully saturated rings. The third-order valence-corrected chi connectivity index (χ3v) is 6.37. The van der Waals surface area contributed by atoms with Crippen LogP contribution in [0.3, 0.4) is 0 Å². The van der Waals surface area contributed by atoms with E-state index in [-0.39, 0.29) is 6.61 Å². The van der Waals surface area contributed by atoms with Crippen molar-refractivity contribution in [2.24, 2.45) is 0 Å². The average Bonchev–Trinajstić information content (AvgIpc) is 3.69. The monoisotopic (exact) mass is 522 g/mol. The predicted molar refractivity (Wildman–Crippen MR) is 146 cm³/mol. The summed E-state index contributed by atoms with van der Waals surface area (Å²) in [5, 5.41) is 16.2. The number of anilines is 3. The number of hydrogen-bond donors (Lipinski definition) is 2. The molecule has 12 nitrogen and oxygen atoms in total. The summed E-state index contributed by atoms with van der Waals surface area (Å²) in [5.41, 5.74) is 5.27. The topological polar surface area (TPSA) is 129 Å². The summed E-state index contributed by atoms with van der Waals surface area (Å²) in [6, 6.07) is 10.0. The van der Waals surface area contributed by atoms with Crippen molar-refractivity contribution >= 4 is 39.7 Å². The molecule has 0 aliphatic carbocycles. The second-order valence-corrected chi connectivity index (χ2v) is 8.90. The van der Waals surface area contributed by atoms with Gasteiger partial charge in [0.25, 0.3) is 0 Å². The van der Waals surface area contributed by atoms with Crippen LogP contribution in [0.25, 0.3) is 16.4 Å². The first-order valence-electron chi connectivity index (χ1n) is 12.5. The van der Waals surface area contributed by atoms with Gasteiger partial charge < -0.3 is 14.6 Å². The van der Waals surface area contributed by atoms with E-state index in [1.54, 1.807) is 29.4 Å². The number of carbonyl (C=O) groups is 1. The molecule has 0 saturated heterocycles. The summed E-state index contributed by atoms with van der Waals surface area (Å²) in [5.74, 6) is 0.630. The Bertz CT molecular complexity index is 1720. The molecule has 0 spiro atoms. The number of carbonyl (C=O) groups excluding carboxylic acids is 1. The van der Waals surface area contributed by atoms with Gasteiger partial charge in [0.2, 0.25) is 0 Å². The minimum absolute atomic E-state index is 0.227. The molecule has 5 heterocycles. The summed E-state index contributed by atoms with van der Waals surface area (Å²) in [7, 11) is 0. The first-order chi connectivity index (χ1) is 19.2. The second kappa shape index (κ2) is 10.6. The zero-order valence-electron chi connectivity index (χ0n) is 21.2. The number of nitrogens with zero attached hydrogens (tertiary/aromatic N) is 8. The van der Waals surface area contributed by atoms with Crippen LogP contribution in [0.2, 0.25) is 0 Å². The Kier molecular flexibility index (Phi) is 6.56. The minimum Gasteiger partial charge on any atom is -0.447 e. The number of rotatable bonds is 9. The van der Waals surface area contributed by atoms with E-state index < -0.39 is 6.09 Å². The van der Waals surface area contributed by atoms with Gasteiger partial charge in [0.15, 0.2) is 5.82 Å². The lowest BCUT2D eigenvalue weighted by molar-refractivity contribution is 0.157. The summed E-state index contributed by atoms with van der Waals surface area (Å²) < 4.78 is 10.9. The number of nitrogens with one attached hydrogen (secondary N) is 2. The van der Waals surface area contributed by atoms with Crippen LogP contribution in [0.4, 0.5) is 22.0 Å². The molecule has 0 aliphatic rings. The van der Waals surface area contributed by atoms with Gasteiger partial charge in [-0.3, -0.25) is 15.0 Å². The Labute approximate surface area is 223 Å². The number of imidazole rings is 1. The Morgan fingerprint density at radius 1 is 1.10 bits per heavy atom. The largest absolute Gasteiger partial charge is 0.447 e. The molecule has 5 aromatic heterocycles. The van der Waals surface area contributed by atoms with Crippen LogP contribution >= 0.6 is 0 Å². The molecule has 0 saturated carbocycles. The maximum atomic E-state index is 12.5. The van der Waals surface area contributed by atoms with Crippen molar-refractivity contribution < 1.29 is 9.53 Å². The van der Waals surface area contributed by atoms with Crippen LogP contribution in [0.5, 0.6) is 0 Å². The molecule has 0 unspecified atom stereocenters. The predicted octanol–water partition coefficient (Wildman–Crippen LogP) is 4.27. The fourth-order valence-corrected chi connectivity index (χ4v) is 4.53. The highest BCUT2D eigenvalue weighted by Gasteiger charge is 2.17. The average molecular weight is 523 g/mol. The zero-order valence-corrected chi connectivity index (χ0v) is 21.2. The van der Waals surface area contributed by atoms with E-state index in [1.807, 2.05) is 65.1 Å². The SMILES string of the molecule is CCc1c(NC(=O)OCCn2ccnc2)cn2ncnc(Nc3ccc4c(cnn4Cc4cccnc4)c3)c12. The van der Waals surface area contributed by atoms with Gasteiger partial charge in [-0.05, 0) is 36.2 Å². The highest BCUT2D eigenvalue weighted by atomic mass is 16.5. The molecule has 6 rings (SSSR count). The normalized spacial score (nSPS) is 11.2. The van der Waals surface area contributed by atoms with Crippen LogP contribution in [0.1, 0.15) is 18.1 Å². The maximum Gasteiger partial charge on any atom is 0.411 e. The molecule has 0 bridgehead atoms. The van der Waals surface area contributed by atoms with Gasteiger partial charge in [-0.25, -0.2) is 19.3 Å². The summed E-state index contributed by atoms with van der Waals surface area (Å²) in [6.07, 6.45) is 14.0. The van der Waals surface area contributed by atoms with Crippen molar-refractivity contribution in [1.29, 1.82) is 0 Å². The number of amides is 1. The van der Waals surface area contributed by atoms with E-state index >= 15 is 0 Å². The van der Waals surface area contributed by atoms with Gasteiger partial charge in [-0.2, -0.15) is 10.2 Å². The van der Waals surface area contributed by atoms with Crippen molar-refractivity contribution in [3.63, 3.8) is 0 Å². The van der Waals surface area contributed by atoms with Crippen molar-refractivity contribution in [3.8, 4) is 0 Å². The summed E-state index contributed by atoms with van der Waals surface area (Å²) in [6.45, 7) is 3.41. The fourth-order valence-electron chi connectivity index (χ4n) is 4.53. The molecule has 2 N–H and O–H groups in total. The van der Waals surface area contributed by atoms with Crippen LogP contribution in [0, 0.1) is 0 Å². The highest BCUT2D eigenvalue weighted by molar-refractivity contribution is 5.91. The summed E-state index contributed by atoms with van der Waals surface area (Å²) >= 11 is 0. The molecule has 0 atom stereocenters. The van der Waals surface area contributed by atoms with Crippen molar-refractivity contribution in [3.05, 3.63) is 91.3 Å². The molecule has 12 heteroatoms. The van der Waals surface area contributed by atoms with E-state index in [2.05, 4.69) is 35.8 Å². The molecular weight excluding hydrogens is 496 g/mol. The first kappa shape index (κ1) is 24.1. The van der Waals surface area contributed by atoms with E-state index in [1.165, 1.54) is 6.33 Å². The third kappa shape index (κ3) is 5.12. The van der Waals surface area contributed by atoms with Gasteiger partial charge in [-0.1, -0.05) is 13.0 Å². The number of pyridine rings is 1. The molecule has 196 valence electrons. The van der Waals surface area contributed by atoms with Crippen LogP contribution < -0.4 is 10.6 Å². The van der Waals surface area contributed by atoms with E-state index in [0.29, 0.717) is 31.0 Å². The second-order valence-electron chi connectivity index (χ2n) is 8.90. The minimum atomic E-state index is -0.531. The van der Waals surface area contributed by atoms with E-state index in [0.717, 1.165) is 33.2 Å². The van der Waals surface area contributed by atoms with Crippen molar-refractivity contribution in [2.75, 3.05) is 17.2 Å². The van der Waals surface area contributed by atoms with E-state index in [9.17, 15) is 4.79 Å². The smallest absolute Gasteiger partial charge is 0.411 e. The van der Waals surface area contributed by atoms with Crippen LogP contribution in [-0.4, -0.2) is 51.6 Å². The Morgan fingerprint density at radius 2 is 2.05 bits per heavy atom. The third-order valence-electron chi connectivity index (χ3n) is 6.37. The molecule has 0 aliphatic heterocycles. The van der Waals surface area contributed by atoms with Gasteiger partial charge in [-0.15, -0.1) is 0 Å². The Morgan fingerprint density at radius 3 is 2.87 bits per heavy atom. The van der Waals surface area contributed by atoms with Gasteiger partial charge in [0, 0.05) is 41.4 Å². The fraction of sp³-hybridized carbons (Fsp3) is 0.185. The maximum absolute atomic E-state index is 12.5. The molecule has 1 amide bonds. The standard InChI is InChI=1S/C27H26N10O2/c1-2-22-23(34-27(38)39-11-10-35-9-8-29-18-35)16-37-25(22)26(30-17-32-37)33-21-5-6-24-20(12-21)14-31-36(24)15-19-4-3-7-28-13-19/h3-9,12-14,16-18H,2,10-11,15H2,1H3,(H,34,38)(H,30,32,33). The number of aromatic nitrogens is 8. The molecular formula is C27H26N10O2. The van der Waals surface area contributed by atoms with Gasteiger partial charge in [0.1, 0.15) is 18.5 Å². The first-order valence-corrected chi connectivity index (χ1v) is 12.5.